The van der Waals surface area contributed by atoms with Gasteiger partial charge in [-0.2, -0.15) is 0 Å². The Morgan fingerprint density at radius 1 is 1.19 bits per heavy atom. The number of hydrogen-bond acceptors (Lipinski definition) is 5. The van der Waals surface area contributed by atoms with E-state index >= 15 is 0 Å². The third-order valence-electron chi connectivity index (χ3n) is 3.96. The molecule has 0 saturated carbocycles. The van der Waals surface area contributed by atoms with Crippen molar-refractivity contribution in [1.29, 1.82) is 0 Å². The first kappa shape index (κ1) is 23.6. The van der Waals surface area contributed by atoms with E-state index in [-0.39, 0.29) is 18.2 Å². The predicted octanol–water partition coefficient (Wildman–Crippen LogP) is 3.84. The molecule has 3 aromatic heterocycles. The Labute approximate surface area is 182 Å². The zero-order valence-electron chi connectivity index (χ0n) is 18.3. The number of carbonyl (C=O) groups is 1. The summed E-state index contributed by atoms with van der Waals surface area (Å²) < 4.78 is 5.19. The number of hydrogen-bond donors (Lipinski definition) is 2. The quantitative estimate of drug-likeness (QED) is 0.342. The average Bonchev–Trinajstić information content (AvgIpc) is 3.29. The van der Waals surface area contributed by atoms with Crippen LogP contribution in [0.2, 0.25) is 0 Å². The molecule has 162 valence electrons. The number of H-pyrrole nitrogens is 1. The number of aromatic amines is 1. The molecule has 3 heterocycles. The van der Waals surface area contributed by atoms with Crippen LogP contribution < -0.4 is 5.73 Å². The summed E-state index contributed by atoms with van der Waals surface area (Å²) in [6.45, 7) is 8.21. The fraction of sp³-hybridized carbons (Fsp3) is 0.261. The molecule has 0 saturated heterocycles. The van der Waals surface area contributed by atoms with Crippen molar-refractivity contribution in [3.8, 4) is 0 Å². The standard InChI is InChI=1S/C21H22N6O2.C2H6/c1-3-29-13-19(28)15-11-18(24-12-15)21(26-16-7-9-23-10-8-16)27-20(22)17-6-4-5-14(2)25-17;1-2/h4-12,24H,3,13H2,1-2H3,(H2,22,23,26,27);1-2H3. The lowest BCUT2D eigenvalue weighted by atomic mass is 10.2. The van der Waals surface area contributed by atoms with Crippen LogP contribution in [0.15, 0.2) is 65.0 Å². The van der Waals surface area contributed by atoms with E-state index in [0.717, 1.165) is 5.69 Å². The van der Waals surface area contributed by atoms with Gasteiger partial charge in [-0.05, 0) is 44.2 Å². The molecule has 0 aliphatic heterocycles. The molecule has 3 aromatic rings. The second-order valence-electron chi connectivity index (χ2n) is 6.16. The fourth-order valence-corrected chi connectivity index (χ4v) is 2.51. The minimum absolute atomic E-state index is 0.0171. The number of aliphatic imine (C=N–C) groups is 2. The Hall–Kier alpha value is -3.65. The van der Waals surface area contributed by atoms with Crippen molar-refractivity contribution in [3.63, 3.8) is 0 Å². The van der Waals surface area contributed by atoms with Gasteiger partial charge in [0.15, 0.2) is 17.5 Å². The van der Waals surface area contributed by atoms with E-state index in [1.807, 2.05) is 39.8 Å². The van der Waals surface area contributed by atoms with Crippen LogP contribution in [0.3, 0.4) is 0 Å². The van der Waals surface area contributed by atoms with E-state index in [4.69, 9.17) is 10.5 Å². The van der Waals surface area contributed by atoms with Gasteiger partial charge >= 0.3 is 0 Å². The van der Waals surface area contributed by atoms with Crippen molar-refractivity contribution in [3.05, 3.63) is 77.6 Å². The summed E-state index contributed by atoms with van der Waals surface area (Å²) in [6, 6.07) is 10.7. The number of Topliss-reactive ketones (excluding diaryl/α,β-unsaturated/α-hetero) is 1. The highest BCUT2D eigenvalue weighted by atomic mass is 16.5. The second kappa shape index (κ2) is 12.1. The highest BCUT2D eigenvalue weighted by Crippen LogP contribution is 2.15. The lowest BCUT2D eigenvalue weighted by molar-refractivity contribution is 0.0783. The van der Waals surface area contributed by atoms with Crippen molar-refractivity contribution in [2.45, 2.75) is 27.7 Å². The highest BCUT2D eigenvalue weighted by Gasteiger charge is 2.13. The molecule has 0 spiro atoms. The third kappa shape index (κ3) is 6.97. The van der Waals surface area contributed by atoms with Crippen molar-refractivity contribution in [2.24, 2.45) is 15.7 Å². The summed E-state index contributed by atoms with van der Waals surface area (Å²) in [5.74, 6) is 0.417. The van der Waals surface area contributed by atoms with Crippen LogP contribution in [0.1, 0.15) is 48.2 Å². The smallest absolute Gasteiger partial charge is 0.189 e. The number of carbonyl (C=O) groups excluding carboxylic acids is 1. The van der Waals surface area contributed by atoms with Crippen LogP contribution in [0, 0.1) is 6.92 Å². The SMILES string of the molecule is CC.CCOCC(=O)c1c[nH]c(C(N=C(N)c2cccc(C)n2)=Nc2ccncc2)c1. The number of nitrogens with two attached hydrogens (primary N) is 1. The summed E-state index contributed by atoms with van der Waals surface area (Å²) in [6.07, 6.45) is 4.88. The van der Waals surface area contributed by atoms with Gasteiger partial charge < -0.3 is 15.5 Å². The van der Waals surface area contributed by atoms with Crippen molar-refractivity contribution in [1.82, 2.24) is 15.0 Å². The van der Waals surface area contributed by atoms with Crippen molar-refractivity contribution >= 4 is 23.1 Å². The molecule has 0 fully saturated rings. The lowest BCUT2D eigenvalue weighted by Crippen LogP contribution is -2.18. The summed E-state index contributed by atoms with van der Waals surface area (Å²) in [5, 5.41) is 0. The summed E-state index contributed by atoms with van der Waals surface area (Å²) in [4.78, 5) is 32.7. The molecule has 0 aromatic carbocycles. The van der Waals surface area contributed by atoms with Crippen LogP contribution in [0.4, 0.5) is 5.69 Å². The molecule has 0 radical (unpaired) electrons. The lowest BCUT2D eigenvalue weighted by Gasteiger charge is -2.04. The van der Waals surface area contributed by atoms with E-state index in [0.29, 0.717) is 35.1 Å². The number of nitrogens with zero attached hydrogens (tertiary/aromatic N) is 4. The van der Waals surface area contributed by atoms with Gasteiger partial charge in [0.05, 0.1) is 11.4 Å². The number of pyridine rings is 2. The Morgan fingerprint density at radius 2 is 1.94 bits per heavy atom. The largest absolute Gasteiger partial charge is 0.382 e. The number of rotatable bonds is 7. The fourth-order valence-electron chi connectivity index (χ4n) is 2.51. The molecule has 0 atom stereocenters. The Bertz CT molecular complexity index is 1040. The van der Waals surface area contributed by atoms with Gasteiger partial charge in [0.25, 0.3) is 0 Å². The Balaban J connectivity index is 0.00000166. The molecule has 0 unspecified atom stereocenters. The van der Waals surface area contributed by atoms with Gasteiger partial charge in [-0.1, -0.05) is 19.9 Å². The highest BCUT2D eigenvalue weighted by molar-refractivity contribution is 6.11. The van der Waals surface area contributed by atoms with Gasteiger partial charge in [-0.3, -0.25) is 9.78 Å². The topological polar surface area (TPSA) is 119 Å². The minimum Gasteiger partial charge on any atom is -0.382 e. The van der Waals surface area contributed by atoms with Crippen LogP contribution in [-0.2, 0) is 4.74 Å². The molecule has 0 amide bonds. The van der Waals surface area contributed by atoms with E-state index < -0.39 is 0 Å². The molecule has 3 rings (SSSR count). The first-order valence-corrected chi connectivity index (χ1v) is 10.1. The second-order valence-corrected chi connectivity index (χ2v) is 6.16. The van der Waals surface area contributed by atoms with Crippen LogP contribution in [0.25, 0.3) is 0 Å². The minimum atomic E-state index is -0.130. The number of ketones is 1. The first-order valence-electron chi connectivity index (χ1n) is 10.1. The third-order valence-corrected chi connectivity index (χ3v) is 3.96. The van der Waals surface area contributed by atoms with E-state index in [1.165, 1.54) is 0 Å². The monoisotopic (exact) mass is 420 g/mol. The number of aromatic nitrogens is 3. The normalized spacial score (nSPS) is 11.6. The van der Waals surface area contributed by atoms with E-state index in [2.05, 4.69) is 24.9 Å². The molecule has 0 aliphatic carbocycles. The summed E-state index contributed by atoms with van der Waals surface area (Å²) in [5.41, 5.74) is 9.25. The molecular weight excluding hydrogens is 392 g/mol. The number of aryl methyl sites for hydroxylation is 1. The Morgan fingerprint density at radius 3 is 2.61 bits per heavy atom. The summed E-state index contributed by atoms with van der Waals surface area (Å²) >= 11 is 0. The first-order chi connectivity index (χ1) is 15.1. The molecular formula is C23H28N6O2. The molecule has 31 heavy (non-hydrogen) atoms. The predicted molar refractivity (Wildman–Crippen MR) is 123 cm³/mol. The maximum Gasteiger partial charge on any atom is 0.189 e. The van der Waals surface area contributed by atoms with Crippen molar-refractivity contribution < 1.29 is 9.53 Å². The van der Waals surface area contributed by atoms with Gasteiger partial charge in [-0.25, -0.2) is 15.0 Å². The molecule has 8 heteroatoms. The van der Waals surface area contributed by atoms with Crippen LogP contribution in [-0.4, -0.2) is 45.6 Å². The number of amidine groups is 2. The molecule has 8 nitrogen and oxygen atoms in total. The number of ether oxygens (including phenoxy) is 1. The molecule has 0 aliphatic rings. The average molecular weight is 421 g/mol. The molecule has 3 N–H and O–H groups in total. The van der Waals surface area contributed by atoms with Gasteiger partial charge in [0.1, 0.15) is 12.3 Å². The maximum absolute atomic E-state index is 12.2. The van der Waals surface area contributed by atoms with Gasteiger partial charge in [0, 0.05) is 36.5 Å². The van der Waals surface area contributed by atoms with Crippen LogP contribution >= 0.6 is 0 Å². The van der Waals surface area contributed by atoms with E-state index in [1.54, 1.807) is 42.9 Å². The van der Waals surface area contributed by atoms with Crippen molar-refractivity contribution in [2.75, 3.05) is 13.2 Å². The summed E-state index contributed by atoms with van der Waals surface area (Å²) in [7, 11) is 0. The Kier molecular flexibility index (Phi) is 9.25. The number of nitrogens with one attached hydrogen (secondary N) is 1. The van der Waals surface area contributed by atoms with Gasteiger partial charge in [-0.15, -0.1) is 0 Å². The zero-order valence-corrected chi connectivity index (χ0v) is 18.3. The van der Waals surface area contributed by atoms with E-state index in [9.17, 15) is 4.79 Å². The maximum atomic E-state index is 12.2. The van der Waals surface area contributed by atoms with Gasteiger partial charge in [0.2, 0.25) is 0 Å². The zero-order chi connectivity index (χ0) is 22.6. The molecule has 0 bridgehead atoms. The van der Waals surface area contributed by atoms with Crippen LogP contribution in [0.5, 0.6) is 0 Å².